The first kappa shape index (κ1) is 13.7. The summed E-state index contributed by atoms with van der Waals surface area (Å²) in [7, 11) is 0. The van der Waals surface area contributed by atoms with Crippen LogP contribution in [0.25, 0.3) is 0 Å². The third kappa shape index (κ3) is 3.88. The number of benzene rings is 1. The molecule has 0 spiro atoms. The Morgan fingerprint density at radius 3 is 2.24 bits per heavy atom. The summed E-state index contributed by atoms with van der Waals surface area (Å²) in [6.45, 7) is 6.14. The molecule has 3 N–H and O–H groups in total. The zero-order valence-electron chi connectivity index (χ0n) is 10.6. The maximum absolute atomic E-state index is 13.5. The third-order valence-electron chi connectivity index (χ3n) is 2.91. The van der Waals surface area contributed by atoms with E-state index in [9.17, 15) is 8.78 Å². The molecule has 0 saturated carbocycles. The highest BCUT2D eigenvalue weighted by molar-refractivity contribution is 5.54. The molecule has 1 aromatic rings. The Balaban J connectivity index is 2.74. The highest BCUT2D eigenvalue weighted by atomic mass is 19.1. The van der Waals surface area contributed by atoms with Crippen molar-refractivity contribution < 1.29 is 8.78 Å². The second-order valence-corrected chi connectivity index (χ2v) is 4.65. The Labute approximate surface area is 101 Å². The Kier molecular flexibility index (Phi) is 4.73. The minimum Gasteiger partial charge on any atom is -0.399 e. The lowest BCUT2D eigenvalue weighted by atomic mass is 10.0. The molecule has 4 heteroatoms. The maximum Gasteiger partial charge on any atom is 0.151 e. The second kappa shape index (κ2) is 5.84. The summed E-state index contributed by atoms with van der Waals surface area (Å²) in [4.78, 5) is 0. The third-order valence-corrected chi connectivity index (χ3v) is 2.91. The van der Waals surface area contributed by atoms with Crippen molar-refractivity contribution in [2.45, 2.75) is 39.7 Å². The highest BCUT2D eigenvalue weighted by Crippen LogP contribution is 2.24. The largest absolute Gasteiger partial charge is 0.399 e. The highest BCUT2D eigenvalue weighted by Gasteiger charge is 2.14. The number of anilines is 2. The van der Waals surface area contributed by atoms with Crippen LogP contribution in [0, 0.1) is 17.6 Å². The van der Waals surface area contributed by atoms with E-state index in [1.54, 1.807) is 0 Å². The van der Waals surface area contributed by atoms with E-state index in [1.165, 1.54) is 0 Å². The molecule has 0 fully saturated rings. The number of halogens is 2. The van der Waals surface area contributed by atoms with E-state index in [-0.39, 0.29) is 17.4 Å². The summed E-state index contributed by atoms with van der Waals surface area (Å²) >= 11 is 0. The fourth-order valence-electron chi connectivity index (χ4n) is 1.81. The van der Waals surface area contributed by atoms with Crippen LogP contribution in [0.5, 0.6) is 0 Å². The van der Waals surface area contributed by atoms with Crippen molar-refractivity contribution in [3.8, 4) is 0 Å². The van der Waals surface area contributed by atoms with Crippen LogP contribution in [0.2, 0.25) is 0 Å². The first-order chi connectivity index (χ1) is 7.93. The van der Waals surface area contributed by atoms with Crippen LogP contribution in [-0.2, 0) is 0 Å². The predicted molar refractivity (Wildman–Crippen MR) is 67.9 cm³/mol. The van der Waals surface area contributed by atoms with Crippen LogP contribution in [0.4, 0.5) is 20.2 Å². The van der Waals surface area contributed by atoms with Crippen LogP contribution in [0.1, 0.15) is 33.6 Å². The van der Waals surface area contributed by atoms with Crippen molar-refractivity contribution >= 4 is 11.4 Å². The standard InChI is InChI=1S/C13H20F2N2/c1-4-8(2)5-9(3)17-13-11(14)6-10(16)7-12(13)15/h6-9,17H,4-5,16H2,1-3H3. The topological polar surface area (TPSA) is 38.0 Å². The smallest absolute Gasteiger partial charge is 0.151 e. The average Bonchev–Trinajstić information content (AvgIpc) is 2.23. The normalized spacial score (nSPS) is 14.4. The lowest BCUT2D eigenvalue weighted by Crippen LogP contribution is -2.20. The minimum absolute atomic E-state index is 0.0255. The van der Waals surface area contributed by atoms with Crippen molar-refractivity contribution in [2.24, 2.45) is 5.92 Å². The quantitative estimate of drug-likeness (QED) is 0.771. The predicted octanol–water partition coefficient (Wildman–Crippen LogP) is 3.78. The molecule has 0 radical (unpaired) electrons. The van der Waals surface area contributed by atoms with Gasteiger partial charge in [0.15, 0.2) is 11.6 Å². The fraction of sp³-hybridized carbons (Fsp3) is 0.538. The van der Waals surface area contributed by atoms with Crippen LogP contribution >= 0.6 is 0 Å². The molecule has 2 unspecified atom stereocenters. The van der Waals surface area contributed by atoms with Crippen molar-refractivity contribution in [2.75, 3.05) is 11.1 Å². The average molecular weight is 242 g/mol. The van der Waals surface area contributed by atoms with Crippen molar-refractivity contribution in [1.29, 1.82) is 0 Å². The molecule has 96 valence electrons. The van der Waals surface area contributed by atoms with E-state index < -0.39 is 11.6 Å². The molecule has 1 aromatic carbocycles. The van der Waals surface area contributed by atoms with E-state index in [2.05, 4.69) is 19.2 Å². The molecular formula is C13H20F2N2. The lowest BCUT2D eigenvalue weighted by molar-refractivity contribution is 0.479. The van der Waals surface area contributed by atoms with E-state index in [1.807, 2.05) is 6.92 Å². The van der Waals surface area contributed by atoms with E-state index in [0.29, 0.717) is 5.92 Å². The van der Waals surface area contributed by atoms with E-state index in [0.717, 1.165) is 25.0 Å². The molecule has 0 aromatic heterocycles. The number of nitrogen functional groups attached to an aromatic ring is 1. The van der Waals surface area contributed by atoms with E-state index in [4.69, 9.17) is 5.73 Å². The first-order valence-corrected chi connectivity index (χ1v) is 5.95. The van der Waals surface area contributed by atoms with Crippen molar-refractivity contribution in [3.05, 3.63) is 23.8 Å². The van der Waals surface area contributed by atoms with E-state index >= 15 is 0 Å². The van der Waals surface area contributed by atoms with Gasteiger partial charge >= 0.3 is 0 Å². The molecule has 1 rings (SSSR count). The van der Waals surface area contributed by atoms with Gasteiger partial charge < -0.3 is 11.1 Å². The van der Waals surface area contributed by atoms with Crippen LogP contribution in [-0.4, -0.2) is 6.04 Å². The summed E-state index contributed by atoms with van der Waals surface area (Å²) in [6, 6.07) is 2.28. The number of hydrogen-bond donors (Lipinski definition) is 2. The minimum atomic E-state index is -0.640. The van der Waals surface area contributed by atoms with Gasteiger partial charge in [0.1, 0.15) is 5.69 Å². The van der Waals surface area contributed by atoms with Crippen LogP contribution < -0.4 is 11.1 Å². The van der Waals surface area contributed by atoms with Gasteiger partial charge in [-0.25, -0.2) is 8.78 Å². The molecule has 0 aliphatic rings. The molecular weight excluding hydrogens is 222 g/mol. The molecule has 17 heavy (non-hydrogen) atoms. The van der Waals surface area contributed by atoms with Gasteiger partial charge in [0.25, 0.3) is 0 Å². The van der Waals surface area contributed by atoms with Crippen LogP contribution in [0.3, 0.4) is 0 Å². The Morgan fingerprint density at radius 1 is 1.24 bits per heavy atom. The molecule has 0 aliphatic heterocycles. The zero-order chi connectivity index (χ0) is 13.0. The SMILES string of the molecule is CCC(C)CC(C)Nc1c(F)cc(N)cc1F. The molecule has 0 amide bonds. The Morgan fingerprint density at radius 2 is 1.76 bits per heavy atom. The Hall–Kier alpha value is -1.32. The summed E-state index contributed by atoms with van der Waals surface area (Å²) in [6.07, 6.45) is 1.93. The molecule has 0 saturated heterocycles. The molecule has 0 bridgehead atoms. The molecule has 2 nitrogen and oxygen atoms in total. The van der Waals surface area contributed by atoms with Crippen LogP contribution in [0.15, 0.2) is 12.1 Å². The van der Waals surface area contributed by atoms with Gasteiger partial charge in [0.05, 0.1) is 0 Å². The van der Waals surface area contributed by atoms with Gasteiger partial charge in [-0.15, -0.1) is 0 Å². The van der Waals surface area contributed by atoms with Crippen molar-refractivity contribution in [1.82, 2.24) is 0 Å². The lowest BCUT2D eigenvalue weighted by Gasteiger charge is -2.19. The maximum atomic E-state index is 13.5. The molecule has 0 heterocycles. The number of nitrogens with one attached hydrogen (secondary N) is 1. The van der Waals surface area contributed by atoms with Gasteiger partial charge in [-0.2, -0.15) is 0 Å². The number of rotatable bonds is 5. The molecule has 0 aliphatic carbocycles. The van der Waals surface area contributed by atoms with Gasteiger partial charge in [0, 0.05) is 11.7 Å². The summed E-state index contributed by atoms with van der Waals surface area (Å²) in [5.41, 5.74) is 5.36. The van der Waals surface area contributed by atoms with Gasteiger partial charge in [-0.1, -0.05) is 20.3 Å². The first-order valence-electron chi connectivity index (χ1n) is 5.95. The van der Waals surface area contributed by atoms with Gasteiger partial charge in [-0.05, 0) is 31.4 Å². The number of hydrogen-bond acceptors (Lipinski definition) is 2. The van der Waals surface area contributed by atoms with Gasteiger partial charge in [0.2, 0.25) is 0 Å². The van der Waals surface area contributed by atoms with Crippen molar-refractivity contribution in [3.63, 3.8) is 0 Å². The zero-order valence-corrected chi connectivity index (χ0v) is 10.6. The number of nitrogens with two attached hydrogens (primary N) is 1. The van der Waals surface area contributed by atoms with Gasteiger partial charge in [-0.3, -0.25) is 0 Å². The molecule has 2 atom stereocenters. The Bertz CT molecular complexity index is 357. The monoisotopic (exact) mass is 242 g/mol. The fourth-order valence-corrected chi connectivity index (χ4v) is 1.81. The summed E-state index contributed by atoms with van der Waals surface area (Å²) in [5.74, 6) is -0.755. The second-order valence-electron chi connectivity index (χ2n) is 4.65. The summed E-state index contributed by atoms with van der Waals surface area (Å²) in [5, 5.41) is 2.87. The summed E-state index contributed by atoms with van der Waals surface area (Å²) < 4.78 is 27.0.